The Morgan fingerprint density at radius 2 is 1.71 bits per heavy atom. The quantitative estimate of drug-likeness (QED) is 0.519. The molecule has 148 valence electrons. The van der Waals surface area contributed by atoms with Crippen molar-refractivity contribution >= 4 is 21.4 Å². The van der Waals surface area contributed by atoms with E-state index in [-0.39, 0.29) is 13.1 Å². The minimum absolute atomic E-state index is 0.0590. The maximum atomic E-state index is 14.2. The summed E-state index contributed by atoms with van der Waals surface area (Å²) < 4.78 is 73.6. The fraction of sp³-hybridized carbons (Fsp3) is 0.158. The molecule has 3 aromatic rings. The van der Waals surface area contributed by atoms with Gasteiger partial charge in [-0.15, -0.1) is 11.3 Å². The lowest BCUT2D eigenvalue weighted by atomic mass is 10.2. The van der Waals surface area contributed by atoms with E-state index in [1.165, 1.54) is 18.4 Å². The largest absolute Gasteiger partial charge is 0.496 e. The third kappa shape index (κ3) is 4.06. The van der Waals surface area contributed by atoms with Gasteiger partial charge in [-0.05, 0) is 29.6 Å². The molecule has 0 bridgehead atoms. The second kappa shape index (κ2) is 8.34. The zero-order valence-electron chi connectivity index (χ0n) is 14.7. The van der Waals surface area contributed by atoms with E-state index in [1.807, 2.05) is 0 Å². The summed E-state index contributed by atoms with van der Waals surface area (Å²) in [6, 6.07) is 11.6. The molecular weight excluding hydrogens is 411 g/mol. The van der Waals surface area contributed by atoms with Crippen molar-refractivity contribution in [3.05, 3.63) is 81.8 Å². The molecule has 0 saturated carbocycles. The van der Waals surface area contributed by atoms with Gasteiger partial charge in [-0.25, -0.2) is 21.6 Å². The highest BCUT2D eigenvalue weighted by Gasteiger charge is 2.31. The van der Waals surface area contributed by atoms with Gasteiger partial charge >= 0.3 is 0 Å². The summed E-state index contributed by atoms with van der Waals surface area (Å²) in [6.07, 6.45) is 0. The monoisotopic (exact) mass is 427 g/mol. The number of sulfonamides is 1. The van der Waals surface area contributed by atoms with Gasteiger partial charge in [0.05, 0.1) is 7.11 Å². The fourth-order valence-electron chi connectivity index (χ4n) is 2.67. The van der Waals surface area contributed by atoms with E-state index in [0.29, 0.717) is 22.3 Å². The molecule has 0 atom stereocenters. The highest BCUT2D eigenvalue weighted by atomic mass is 32.2. The van der Waals surface area contributed by atoms with Crippen LogP contribution >= 0.6 is 11.3 Å². The van der Waals surface area contributed by atoms with E-state index in [1.54, 1.807) is 41.8 Å². The minimum Gasteiger partial charge on any atom is -0.496 e. The fourth-order valence-corrected chi connectivity index (χ4v) is 4.93. The van der Waals surface area contributed by atoms with Crippen molar-refractivity contribution in [2.75, 3.05) is 7.11 Å². The predicted molar refractivity (Wildman–Crippen MR) is 100 cm³/mol. The second-order valence-corrected chi connectivity index (χ2v) is 8.78. The van der Waals surface area contributed by atoms with E-state index >= 15 is 0 Å². The summed E-state index contributed by atoms with van der Waals surface area (Å²) in [7, 11) is -3.02. The molecule has 0 fully saturated rings. The van der Waals surface area contributed by atoms with Crippen LogP contribution in [0.1, 0.15) is 10.4 Å². The number of methoxy groups -OCH3 is 1. The number of para-hydroxylation sites is 1. The normalized spacial score (nSPS) is 11.8. The van der Waals surface area contributed by atoms with Crippen LogP contribution in [0.15, 0.2) is 58.8 Å². The Hall–Kier alpha value is -2.36. The lowest BCUT2D eigenvalue weighted by molar-refractivity contribution is 0.373. The number of nitrogens with zero attached hydrogens (tertiary/aromatic N) is 1. The average Bonchev–Trinajstić information content (AvgIpc) is 3.19. The molecule has 0 unspecified atom stereocenters. The topological polar surface area (TPSA) is 46.6 Å². The van der Waals surface area contributed by atoms with Crippen molar-refractivity contribution < 1.29 is 26.3 Å². The molecule has 0 radical (unpaired) electrons. The number of hydrogen-bond acceptors (Lipinski definition) is 4. The van der Waals surface area contributed by atoms with Crippen LogP contribution in [0.25, 0.3) is 0 Å². The number of benzene rings is 2. The van der Waals surface area contributed by atoms with Crippen LogP contribution in [0.4, 0.5) is 13.2 Å². The molecule has 1 aromatic heterocycles. The van der Waals surface area contributed by atoms with Crippen LogP contribution in [-0.2, 0) is 23.1 Å². The molecule has 9 heteroatoms. The van der Waals surface area contributed by atoms with Crippen molar-refractivity contribution in [2.24, 2.45) is 0 Å². The molecular formula is C19H16F3NO3S2. The first-order valence-electron chi connectivity index (χ1n) is 8.12. The Kier molecular flexibility index (Phi) is 6.07. The van der Waals surface area contributed by atoms with Crippen molar-refractivity contribution in [3.8, 4) is 5.75 Å². The van der Waals surface area contributed by atoms with Gasteiger partial charge in [-0.2, -0.15) is 4.31 Å². The maximum absolute atomic E-state index is 14.2. The molecule has 0 aliphatic rings. The molecule has 28 heavy (non-hydrogen) atoms. The van der Waals surface area contributed by atoms with Gasteiger partial charge in [0, 0.05) is 23.5 Å². The van der Waals surface area contributed by atoms with Gasteiger partial charge in [0.1, 0.15) is 10.6 Å². The van der Waals surface area contributed by atoms with Crippen LogP contribution < -0.4 is 4.74 Å². The third-order valence-corrected chi connectivity index (χ3v) is 6.74. The molecule has 0 saturated heterocycles. The van der Waals surface area contributed by atoms with Crippen molar-refractivity contribution in [1.82, 2.24) is 4.31 Å². The standard InChI is InChI=1S/C19H16F3NO3S2/c1-26-16-7-3-2-5-13(16)11-23(12-14-6-4-10-27-14)28(24,25)17-9-8-15(20)18(21)19(17)22/h2-10H,11-12H2,1H3. The molecule has 0 amide bonds. The van der Waals surface area contributed by atoms with Gasteiger partial charge in [0.2, 0.25) is 10.0 Å². The van der Waals surface area contributed by atoms with E-state index in [4.69, 9.17) is 4.74 Å². The van der Waals surface area contributed by atoms with E-state index in [9.17, 15) is 21.6 Å². The Labute approximate surface area is 164 Å². The summed E-state index contributed by atoms with van der Waals surface area (Å²) in [5.74, 6) is -4.56. The zero-order valence-corrected chi connectivity index (χ0v) is 16.4. The van der Waals surface area contributed by atoms with Crippen LogP contribution in [0.5, 0.6) is 5.75 Å². The molecule has 2 aromatic carbocycles. The number of rotatable bonds is 7. The van der Waals surface area contributed by atoms with Crippen LogP contribution in [0, 0.1) is 17.5 Å². The summed E-state index contributed by atoms with van der Waals surface area (Å²) >= 11 is 1.33. The SMILES string of the molecule is COc1ccccc1CN(Cc1cccs1)S(=O)(=O)c1ccc(F)c(F)c1F. The first-order chi connectivity index (χ1) is 13.3. The minimum atomic E-state index is -4.47. The molecule has 0 spiro atoms. The molecule has 4 nitrogen and oxygen atoms in total. The van der Waals surface area contributed by atoms with Crippen molar-refractivity contribution in [2.45, 2.75) is 18.0 Å². The highest BCUT2D eigenvalue weighted by Crippen LogP contribution is 2.28. The zero-order chi connectivity index (χ0) is 20.3. The van der Waals surface area contributed by atoms with Crippen molar-refractivity contribution in [3.63, 3.8) is 0 Å². The van der Waals surface area contributed by atoms with Gasteiger partial charge in [0.15, 0.2) is 17.5 Å². The Balaban J connectivity index is 2.06. The second-order valence-electron chi connectivity index (χ2n) is 5.84. The van der Waals surface area contributed by atoms with Crippen LogP contribution in [0.2, 0.25) is 0 Å². The molecule has 0 aliphatic carbocycles. The van der Waals surface area contributed by atoms with Crippen LogP contribution in [0.3, 0.4) is 0 Å². The lowest BCUT2D eigenvalue weighted by Gasteiger charge is -2.23. The molecule has 1 heterocycles. The summed E-state index contributed by atoms with van der Waals surface area (Å²) in [5, 5.41) is 1.78. The van der Waals surface area contributed by atoms with Crippen molar-refractivity contribution in [1.29, 1.82) is 0 Å². The Morgan fingerprint density at radius 1 is 0.964 bits per heavy atom. The number of hydrogen-bond donors (Lipinski definition) is 0. The smallest absolute Gasteiger partial charge is 0.246 e. The summed E-state index contributed by atoms with van der Waals surface area (Å²) in [6.45, 7) is -0.195. The summed E-state index contributed by atoms with van der Waals surface area (Å²) in [5.41, 5.74) is 0.549. The first-order valence-corrected chi connectivity index (χ1v) is 10.4. The maximum Gasteiger partial charge on any atom is 0.246 e. The molecule has 0 aliphatic heterocycles. The number of thiophene rings is 1. The molecule has 0 N–H and O–H groups in total. The van der Waals surface area contributed by atoms with Gasteiger partial charge < -0.3 is 4.74 Å². The van der Waals surface area contributed by atoms with Gasteiger partial charge in [0.25, 0.3) is 0 Å². The third-order valence-electron chi connectivity index (χ3n) is 4.07. The van der Waals surface area contributed by atoms with Crippen LogP contribution in [-0.4, -0.2) is 19.8 Å². The van der Waals surface area contributed by atoms with Gasteiger partial charge in [-0.3, -0.25) is 0 Å². The number of ether oxygens (including phenoxy) is 1. The first kappa shape index (κ1) is 20.4. The highest BCUT2D eigenvalue weighted by molar-refractivity contribution is 7.89. The summed E-state index contributed by atoms with van der Waals surface area (Å²) in [4.78, 5) is -0.209. The Bertz CT molecular complexity index is 1070. The predicted octanol–water partition coefficient (Wildman–Crippen LogP) is 4.57. The van der Waals surface area contributed by atoms with E-state index in [0.717, 1.165) is 10.4 Å². The van der Waals surface area contributed by atoms with Gasteiger partial charge in [-0.1, -0.05) is 24.3 Å². The Morgan fingerprint density at radius 3 is 2.39 bits per heavy atom. The molecule has 3 rings (SSSR count). The lowest BCUT2D eigenvalue weighted by Crippen LogP contribution is -2.31. The van der Waals surface area contributed by atoms with E-state index in [2.05, 4.69) is 0 Å². The van der Waals surface area contributed by atoms with E-state index < -0.39 is 32.4 Å². The average molecular weight is 427 g/mol. The number of halogens is 3.